The zero-order valence-electron chi connectivity index (χ0n) is 18.9. The normalized spacial score (nSPS) is 27.1. The molecule has 1 saturated heterocycles. The Labute approximate surface area is 235 Å². The molecule has 2 amide bonds. The molecule has 2 aliphatic heterocycles. The van der Waals surface area contributed by atoms with Crippen molar-refractivity contribution in [3.63, 3.8) is 0 Å². The van der Waals surface area contributed by atoms with E-state index in [-0.39, 0.29) is 86.8 Å². The summed E-state index contributed by atoms with van der Waals surface area (Å²) in [4.78, 5) is 40.5. The average Bonchev–Trinajstić information content (AvgIpc) is 3.03. The van der Waals surface area contributed by atoms with E-state index in [0.717, 1.165) is 29.7 Å². The second-order valence-corrected chi connectivity index (χ2v) is 9.92. The molecule has 0 aromatic heterocycles. The van der Waals surface area contributed by atoms with Crippen LogP contribution < -0.4 is 56.5 Å². The Kier molecular flexibility index (Phi) is 8.34. The Morgan fingerprint density at radius 3 is 2.47 bits per heavy atom. The topological polar surface area (TPSA) is 101 Å². The Bertz CT molecular complexity index is 946. The fourth-order valence-corrected chi connectivity index (χ4v) is 6.38. The number of nitrogens with zero attached hydrogens (tertiary/aromatic N) is 2. The number of thioether (sulfide) groups is 1. The van der Waals surface area contributed by atoms with Gasteiger partial charge in [0.15, 0.2) is 0 Å². The van der Waals surface area contributed by atoms with Gasteiger partial charge in [-0.15, -0.1) is 11.8 Å². The molecule has 1 aliphatic carbocycles. The van der Waals surface area contributed by atoms with E-state index < -0.39 is 18.0 Å². The second-order valence-electron chi connectivity index (χ2n) is 8.83. The first-order valence-corrected chi connectivity index (χ1v) is 11.6. The minimum absolute atomic E-state index is 0. The average molecular weight is 483 g/mol. The molecule has 1 saturated carbocycles. The first kappa shape index (κ1) is 25.9. The van der Waals surface area contributed by atoms with Gasteiger partial charge in [0, 0.05) is 36.2 Å². The Morgan fingerprint density at radius 2 is 1.91 bits per heavy atom. The van der Waals surface area contributed by atoms with Crippen molar-refractivity contribution in [2.24, 2.45) is 17.8 Å². The number of aliphatic hydroxyl groups is 1. The van der Waals surface area contributed by atoms with Crippen molar-refractivity contribution in [3.05, 3.63) is 41.1 Å². The van der Waals surface area contributed by atoms with E-state index in [1.165, 1.54) is 9.80 Å². The summed E-state index contributed by atoms with van der Waals surface area (Å²) in [5, 5.41) is 22.0. The SMILES string of the molecule is CC(O)C1C(=O)N2C(C(=O)[O-])=C3C(CCC[C@@H]3CSc3ccc(C(=O)N(C)C)cc3)[C@H]12.[K+]. The van der Waals surface area contributed by atoms with Crippen LogP contribution in [0.2, 0.25) is 0 Å². The molecule has 2 heterocycles. The smallest absolute Gasteiger partial charge is 0.543 e. The summed E-state index contributed by atoms with van der Waals surface area (Å²) in [6.07, 6.45) is 1.85. The minimum Gasteiger partial charge on any atom is -0.543 e. The number of fused-ring (bicyclic) bond motifs is 3. The molecule has 1 aromatic carbocycles. The molecule has 3 unspecified atom stereocenters. The van der Waals surface area contributed by atoms with Crippen molar-refractivity contribution >= 4 is 29.5 Å². The van der Waals surface area contributed by atoms with E-state index in [1.54, 1.807) is 44.9 Å². The number of hydrogen-bond acceptors (Lipinski definition) is 6. The third-order valence-corrected chi connectivity index (χ3v) is 7.87. The molecule has 1 aromatic rings. The summed E-state index contributed by atoms with van der Waals surface area (Å²) in [5.74, 6) is -1.50. The summed E-state index contributed by atoms with van der Waals surface area (Å²) >= 11 is 1.62. The number of carboxylic acids is 1. The minimum atomic E-state index is -1.30. The molecule has 32 heavy (non-hydrogen) atoms. The number of aliphatic hydroxyl groups excluding tert-OH is 1. The zero-order valence-corrected chi connectivity index (χ0v) is 22.8. The van der Waals surface area contributed by atoms with E-state index in [1.807, 2.05) is 12.1 Å². The number of β-lactam (4-membered cyclic amide) rings is 1. The van der Waals surface area contributed by atoms with E-state index in [9.17, 15) is 24.6 Å². The number of carbonyl (C=O) groups excluding carboxylic acids is 3. The van der Waals surface area contributed by atoms with Gasteiger partial charge in [0.25, 0.3) is 5.91 Å². The third-order valence-electron chi connectivity index (χ3n) is 6.69. The summed E-state index contributed by atoms with van der Waals surface area (Å²) in [6.45, 7) is 1.59. The number of rotatable bonds is 6. The summed E-state index contributed by atoms with van der Waals surface area (Å²) in [6, 6.07) is 7.15. The monoisotopic (exact) mass is 482 g/mol. The molecular formula is C23H27KN2O5S. The molecule has 1 N–H and O–H groups in total. The fourth-order valence-electron chi connectivity index (χ4n) is 5.31. The Morgan fingerprint density at radius 1 is 1.25 bits per heavy atom. The molecule has 2 fully saturated rings. The van der Waals surface area contributed by atoms with Crippen molar-refractivity contribution in [2.75, 3.05) is 19.8 Å². The molecule has 3 aliphatic rings. The van der Waals surface area contributed by atoms with Gasteiger partial charge in [-0.2, -0.15) is 0 Å². The quantitative estimate of drug-likeness (QED) is 0.290. The second kappa shape index (κ2) is 10.3. The van der Waals surface area contributed by atoms with Crippen LogP contribution in [-0.2, 0) is 9.59 Å². The van der Waals surface area contributed by atoms with Gasteiger partial charge in [-0.3, -0.25) is 9.59 Å². The van der Waals surface area contributed by atoms with Gasteiger partial charge in [-0.1, -0.05) is 6.42 Å². The van der Waals surface area contributed by atoms with Crippen LogP contribution in [0.15, 0.2) is 40.4 Å². The zero-order chi connectivity index (χ0) is 22.4. The molecule has 9 heteroatoms. The molecule has 0 spiro atoms. The van der Waals surface area contributed by atoms with Gasteiger partial charge < -0.3 is 24.8 Å². The van der Waals surface area contributed by atoms with Crippen molar-refractivity contribution in [1.82, 2.24) is 9.80 Å². The number of aliphatic carboxylic acids is 1. The number of hydrogen-bond donors (Lipinski definition) is 1. The third kappa shape index (κ3) is 4.49. The summed E-state index contributed by atoms with van der Waals surface area (Å²) in [5.41, 5.74) is 1.48. The standard InChI is InChI=1S/C23H28N2O5S.K/c1-12(26)17-19-16-6-4-5-14(18(16)20(23(29)30)25(19)22(17)28)11-31-15-9-7-13(8-10-15)21(27)24(2)3;/h7-10,12,14,16-17,19,26H,4-6,11H2,1-3H3,(H,29,30);/q;+1/p-1/t12?,14-,16?,17?,19-;/m1./s1. The first-order chi connectivity index (χ1) is 14.7. The number of benzene rings is 1. The molecule has 166 valence electrons. The molecule has 4 rings (SSSR count). The maximum atomic E-state index is 12.6. The van der Waals surface area contributed by atoms with Gasteiger partial charge in [0.05, 0.1) is 29.7 Å². The molecule has 0 bridgehead atoms. The van der Waals surface area contributed by atoms with Gasteiger partial charge in [0.1, 0.15) is 0 Å². The van der Waals surface area contributed by atoms with Gasteiger partial charge in [-0.25, -0.2) is 0 Å². The van der Waals surface area contributed by atoms with E-state index >= 15 is 0 Å². The van der Waals surface area contributed by atoms with Crippen molar-refractivity contribution in [2.45, 2.75) is 43.2 Å². The predicted octanol–water partition coefficient (Wildman–Crippen LogP) is -1.87. The van der Waals surface area contributed by atoms with Crippen LogP contribution >= 0.6 is 11.8 Å². The summed E-state index contributed by atoms with van der Waals surface area (Å²) in [7, 11) is 3.43. The van der Waals surface area contributed by atoms with E-state index in [2.05, 4.69) is 0 Å². The molecule has 7 nitrogen and oxygen atoms in total. The van der Waals surface area contributed by atoms with Gasteiger partial charge in [0.2, 0.25) is 5.91 Å². The maximum Gasteiger partial charge on any atom is 1.00 e. The van der Waals surface area contributed by atoms with Crippen molar-refractivity contribution in [1.29, 1.82) is 0 Å². The van der Waals surface area contributed by atoms with Crippen LogP contribution in [0.25, 0.3) is 0 Å². The van der Waals surface area contributed by atoms with Crippen LogP contribution in [0.4, 0.5) is 0 Å². The maximum absolute atomic E-state index is 12.6. The molecule has 5 atom stereocenters. The number of amides is 2. The van der Waals surface area contributed by atoms with E-state index in [0.29, 0.717) is 11.3 Å². The largest absolute Gasteiger partial charge is 1.00 e. The fraction of sp³-hybridized carbons (Fsp3) is 0.522. The van der Waals surface area contributed by atoms with Crippen LogP contribution in [0.5, 0.6) is 0 Å². The van der Waals surface area contributed by atoms with Crippen LogP contribution in [-0.4, -0.2) is 64.7 Å². The number of carboxylic acid groups (broad SMARTS) is 1. The Hall–Kier alpha value is -0.684. The van der Waals surface area contributed by atoms with Gasteiger partial charge >= 0.3 is 51.4 Å². The van der Waals surface area contributed by atoms with Crippen LogP contribution in [0.3, 0.4) is 0 Å². The van der Waals surface area contributed by atoms with Crippen molar-refractivity contribution < 1.29 is 76.0 Å². The molecular weight excluding hydrogens is 455 g/mol. The van der Waals surface area contributed by atoms with Crippen LogP contribution in [0.1, 0.15) is 36.5 Å². The van der Waals surface area contributed by atoms with Crippen LogP contribution in [0, 0.1) is 17.8 Å². The summed E-state index contributed by atoms with van der Waals surface area (Å²) < 4.78 is 0. The number of carbonyl (C=O) groups is 3. The van der Waals surface area contributed by atoms with Crippen molar-refractivity contribution in [3.8, 4) is 0 Å². The first-order valence-electron chi connectivity index (χ1n) is 10.6. The molecule has 0 radical (unpaired) electrons. The van der Waals surface area contributed by atoms with E-state index in [4.69, 9.17) is 0 Å². The Balaban J connectivity index is 0.00000289. The van der Waals surface area contributed by atoms with Gasteiger partial charge in [-0.05, 0) is 55.5 Å². The predicted molar refractivity (Wildman–Crippen MR) is 114 cm³/mol.